The topological polar surface area (TPSA) is 17.1 Å². The zero-order valence-electron chi connectivity index (χ0n) is 24.2. The van der Waals surface area contributed by atoms with Gasteiger partial charge in [0.05, 0.1) is 17.0 Å². The van der Waals surface area contributed by atoms with E-state index in [-0.39, 0.29) is 16.7 Å². The molecule has 0 unspecified atom stereocenters. The van der Waals surface area contributed by atoms with Gasteiger partial charge in [0, 0.05) is 5.56 Å². The van der Waals surface area contributed by atoms with Crippen LogP contribution in [0.4, 0.5) is 0 Å². The molecule has 6 rings (SSSR count). The second-order valence-corrected chi connectivity index (χ2v) is 12.4. The SMILES string of the molecule is C=C[B-](c1ccccc1)(c1ccccc1)c1ccccc1.O=C(C[S+](c1ccccc1)c1ccccc1)c1ccccc1. The van der Waals surface area contributed by atoms with Gasteiger partial charge in [-0.1, -0.05) is 158 Å². The van der Waals surface area contributed by atoms with Crippen molar-refractivity contribution >= 4 is 39.2 Å². The van der Waals surface area contributed by atoms with Crippen LogP contribution in [-0.2, 0) is 10.9 Å². The highest BCUT2D eigenvalue weighted by atomic mass is 32.2. The fourth-order valence-electron chi connectivity index (χ4n) is 5.57. The average molecular weight is 575 g/mol. The van der Waals surface area contributed by atoms with E-state index in [0.29, 0.717) is 5.75 Å². The van der Waals surface area contributed by atoms with Crippen molar-refractivity contribution in [3.63, 3.8) is 0 Å². The zero-order chi connectivity index (χ0) is 29.7. The van der Waals surface area contributed by atoms with Crippen molar-refractivity contribution in [2.45, 2.75) is 9.79 Å². The zero-order valence-corrected chi connectivity index (χ0v) is 25.0. The molecule has 0 radical (unpaired) electrons. The Bertz CT molecular complexity index is 1560. The molecule has 43 heavy (non-hydrogen) atoms. The lowest BCUT2D eigenvalue weighted by Gasteiger charge is -2.40. The standard InChI is InChI=1S/C20H18B.C20H17OS/c1-2-21(18-12-6-3-7-13-18,19-14-8-4-9-15-19)20-16-10-5-11-17-20;21-20(17-10-4-1-5-11-17)16-22(18-12-6-2-7-13-18)19-14-8-3-9-15-19/h2-17H,1H2;1-15H,16H2/q-1;+1. The number of carbonyl (C=O) groups excluding carboxylic acids is 1. The summed E-state index contributed by atoms with van der Waals surface area (Å²) < 4.78 is 0. The summed E-state index contributed by atoms with van der Waals surface area (Å²) in [4.78, 5) is 15.0. The third-order valence-corrected chi connectivity index (χ3v) is 9.99. The van der Waals surface area contributed by atoms with Gasteiger partial charge < -0.3 is 0 Å². The van der Waals surface area contributed by atoms with Crippen LogP contribution in [0.2, 0.25) is 0 Å². The van der Waals surface area contributed by atoms with Crippen LogP contribution in [0.5, 0.6) is 0 Å². The first-order valence-corrected chi connectivity index (χ1v) is 16.0. The van der Waals surface area contributed by atoms with Gasteiger partial charge in [-0.3, -0.25) is 4.79 Å². The lowest BCUT2D eigenvalue weighted by atomic mass is 9.16. The first kappa shape index (κ1) is 29.6. The van der Waals surface area contributed by atoms with E-state index in [1.165, 1.54) is 26.2 Å². The second kappa shape index (κ2) is 14.9. The van der Waals surface area contributed by atoms with Gasteiger partial charge in [-0.05, 0) is 24.3 Å². The predicted molar refractivity (Wildman–Crippen MR) is 187 cm³/mol. The van der Waals surface area contributed by atoms with Crippen LogP contribution in [-0.4, -0.2) is 17.7 Å². The first-order chi connectivity index (χ1) is 21.2. The Balaban J connectivity index is 0.000000171. The summed E-state index contributed by atoms with van der Waals surface area (Å²) in [6.07, 6.45) is -1.13. The van der Waals surface area contributed by atoms with Crippen LogP contribution in [0.1, 0.15) is 10.4 Å². The molecule has 0 spiro atoms. The van der Waals surface area contributed by atoms with Gasteiger partial charge >= 0.3 is 0 Å². The van der Waals surface area contributed by atoms with Gasteiger partial charge in [0.1, 0.15) is 0 Å². The van der Waals surface area contributed by atoms with E-state index in [0.717, 1.165) is 5.56 Å². The molecule has 0 N–H and O–H groups in total. The van der Waals surface area contributed by atoms with Crippen molar-refractivity contribution in [1.82, 2.24) is 0 Å². The summed E-state index contributed by atoms with van der Waals surface area (Å²) in [6.45, 7) is 4.19. The molecule has 0 atom stereocenters. The van der Waals surface area contributed by atoms with Gasteiger partial charge in [-0.15, -0.1) is 6.58 Å². The smallest absolute Gasteiger partial charge is 0.212 e. The monoisotopic (exact) mass is 574 g/mol. The summed E-state index contributed by atoms with van der Waals surface area (Å²) in [6, 6.07) is 62.1. The van der Waals surface area contributed by atoms with Gasteiger partial charge in [-0.25, -0.2) is 5.98 Å². The summed E-state index contributed by atoms with van der Waals surface area (Å²) in [7, 11) is -0.231. The van der Waals surface area contributed by atoms with Crippen molar-refractivity contribution < 1.29 is 4.79 Å². The molecule has 0 saturated carbocycles. The molecule has 0 heterocycles. The predicted octanol–water partition coefficient (Wildman–Crippen LogP) is 7.49. The molecule has 6 aromatic rings. The fourth-order valence-corrected chi connectivity index (χ4v) is 7.57. The first-order valence-electron chi connectivity index (χ1n) is 14.6. The van der Waals surface area contributed by atoms with E-state index in [1.807, 2.05) is 66.7 Å². The Morgan fingerprint density at radius 3 is 1.12 bits per heavy atom. The Morgan fingerprint density at radius 2 is 0.791 bits per heavy atom. The Hall–Kier alpha value is -4.86. The number of carbonyl (C=O) groups is 1. The quantitative estimate of drug-likeness (QED) is 0.0994. The van der Waals surface area contributed by atoms with Gasteiger partial charge in [0.15, 0.2) is 15.5 Å². The molecule has 0 saturated heterocycles. The number of ketones is 1. The number of hydrogen-bond donors (Lipinski definition) is 0. The minimum atomic E-state index is -1.13. The Labute approximate surface area is 258 Å². The Kier molecular flexibility index (Phi) is 10.2. The van der Waals surface area contributed by atoms with Crippen molar-refractivity contribution in [3.8, 4) is 0 Å². The summed E-state index contributed by atoms with van der Waals surface area (Å²) in [5, 5.41) is 0. The molecule has 6 aromatic carbocycles. The second-order valence-electron chi connectivity index (χ2n) is 10.4. The lowest BCUT2D eigenvalue weighted by molar-refractivity contribution is 0.102. The molecular weight excluding hydrogens is 539 g/mol. The molecule has 0 aliphatic heterocycles. The molecule has 0 aromatic heterocycles. The normalized spacial score (nSPS) is 10.8. The third-order valence-electron chi connectivity index (χ3n) is 7.76. The minimum Gasteiger partial charge on any atom is -0.289 e. The van der Waals surface area contributed by atoms with E-state index in [2.05, 4.69) is 128 Å². The highest BCUT2D eigenvalue weighted by Gasteiger charge is 2.29. The van der Waals surface area contributed by atoms with Crippen LogP contribution < -0.4 is 16.4 Å². The number of hydrogen-bond acceptors (Lipinski definition) is 1. The molecule has 3 heteroatoms. The highest BCUT2D eigenvalue weighted by Crippen LogP contribution is 2.24. The maximum Gasteiger partial charge on any atom is 0.212 e. The van der Waals surface area contributed by atoms with Crippen LogP contribution in [0, 0.1) is 0 Å². The summed E-state index contributed by atoms with van der Waals surface area (Å²) in [5.41, 5.74) is 4.67. The summed E-state index contributed by atoms with van der Waals surface area (Å²) in [5.74, 6) is 2.81. The molecule has 0 amide bonds. The molecule has 1 nitrogen and oxygen atoms in total. The van der Waals surface area contributed by atoms with E-state index in [4.69, 9.17) is 0 Å². The van der Waals surface area contributed by atoms with Crippen LogP contribution in [0.15, 0.2) is 204 Å². The van der Waals surface area contributed by atoms with E-state index in [1.54, 1.807) is 0 Å². The Morgan fingerprint density at radius 1 is 0.488 bits per heavy atom. The maximum atomic E-state index is 12.6. The van der Waals surface area contributed by atoms with E-state index >= 15 is 0 Å². The molecule has 0 aliphatic carbocycles. The van der Waals surface area contributed by atoms with Crippen molar-refractivity contribution in [2.75, 3.05) is 5.75 Å². The fraction of sp³-hybridized carbons (Fsp3) is 0.0250. The lowest BCUT2D eigenvalue weighted by Crippen LogP contribution is -2.65. The largest absolute Gasteiger partial charge is 0.289 e. The molecule has 210 valence electrons. The highest BCUT2D eigenvalue weighted by molar-refractivity contribution is 7.97. The van der Waals surface area contributed by atoms with Gasteiger partial charge in [0.2, 0.25) is 5.78 Å². The molecular formula is C40H35BOS. The van der Waals surface area contributed by atoms with Crippen molar-refractivity contribution in [1.29, 1.82) is 0 Å². The number of benzene rings is 6. The van der Waals surface area contributed by atoms with Crippen molar-refractivity contribution in [2.24, 2.45) is 0 Å². The summed E-state index contributed by atoms with van der Waals surface area (Å²) >= 11 is 0. The maximum absolute atomic E-state index is 12.6. The molecule has 0 aliphatic rings. The van der Waals surface area contributed by atoms with E-state index < -0.39 is 6.15 Å². The number of rotatable bonds is 9. The molecule has 0 bridgehead atoms. The van der Waals surface area contributed by atoms with Gasteiger partial charge in [0.25, 0.3) is 0 Å². The number of Topliss-reactive ketones (excluding diaryl/α,β-unsaturated/α-hetero) is 1. The minimum absolute atomic E-state index is 0.191. The van der Waals surface area contributed by atoms with Crippen LogP contribution >= 0.6 is 0 Å². The third kappa shape index (κ3) is 7.14. The van der Waals surface area contributed by atoms with E-state index in [9.17, 15) is 4.79 Å². The van der Waals surface area contributed by atoms with Gasteiger partial charge in [-0.2, -0.15) is 16.4 Å². The van der Waals surface area contributed by atoms with Crippen LogP contribution in [0.25, 0.3) is 0 Å². The van der Waals surface area contributed by atoms with Crippen LogP contribution in [0.3, 0.4) is 0 Å². The van der Waals surface area contributed by atoms with Crippen molar-refractivity contribution in [3.05, 3.63) is 200 Å². The average Bonchev–Trinajstić information content (AvgIpc) is 3.10. The molecule has 0 fully saturated rings.